The lowest BCUT2D eigenvalue weighted by atomic mass is 10.1. The van der Waals surface area contributed by atoms with E-state index in [1.54, 1.807) is 5.48 Å². The van der Waals surface area contributed by atoms with Crippen molar-refractivity contribution >= 4 is 17.8 Å². The third-order valence-corrected chi connectivity index (χ3v) is 1.57. The number of hydroxylamine groups is 1. The van der Waals surface area contributed by atoms with Crippen LogP contribution in [0.2, 0.25) is 0 Å². The minimum Gasteiger partial charge on any atom is -0.480 e. The van der Waals surface area contributed by atoms with Gasteiger partial charge in [0.05, 0.1) is 0 Å². The second-order valence-corrected chi connectivity index (χ2v) is 2.80. The van der Waals surface area contributed by atoms with Gasteiger partial charge in [-0.1, -0.05) is 0 Å². The zero-order chi connectivity index (χ0) is 11.8. The summed E-state index contributed by atoms with van der Waals surface area (Å²) in [5.41, 5.74) is 6.51. The summed E-state index contributed by atoms with van der Waals surface area (Å²) in [6.07, 6.45) is -0.0873. The number of hydrogen-bond acceptors (Lipinski definition) is 5. The van der Waals surface area contributed by atoms with Gasteiger partial charge in [0.25, 0.3) is 0 Å². The van der Waals surface area contributed by atoms with Gasteiger partial charge >= 0.3 is 5.97 Å². The summed E-state index contributed by atoms with van der Waals surface area (Å²) >= 11 is 0. The highest BCUT2D eigenvalue weighted by Crippen LogP contribution is 1.96. The predicted molar refractivity (Wildman–Crippen MR) is 47.8 cm³/mol. The van der Waals surface area contributed by atoms with E-state index in [1.807, 2.05) is 5.32 Å². The van der Waals surface area contributed by atoms with E-state index in [2.05, 4.69) is 0 Å². The van der Waals surface area contributed by atoms with Crippen molar-refractivity contribution < 1.29 is 24.7 Å². The molecule has 0 aromatic heterocycles. The molecule has 0 saturated heterocycles. The second-order valence-electron chi connectivity index (χ2n) is 2.80. The second kappa shape index (κ2) is 6.74. The number of primary amides is 1. The minimum absolute atomic E-state index is 0.00269. The third kappa shape index (κ3) is 6.41. The maximum absolute atomic E-state index is 11.1. The van der Waals surface area contributed by atoms with E-state index in [4.69, 9.17) is 16.0 Å². The molecule has 0 spiro atoms. The van der Waals surface area contributed by atoms with Crippen molar-refractivity contribution in [3.8, 4) is 0 Å². The predicted octanol–water partition coefficient (Wildman–Crippen LogP) is -2.20. The number of hydrogen-bond donors (Lipinski definition) is 5. The number of amides is 2. The van der Waals surface area contributed by atoms with Crippen LogP contribution in [0.4, 0.5) is 0 Å². The van der Waals surface area contributed by atoms with Crippen LogP contribution in [0.15, 0.2) is 0 Å². The fourth-order valence-electron chi connectivity index (χ4n) is 0.827. The van der Waals surface area contributed by atoms with Gasteiger partial charge in [-0.2, -0.15) is 5.48 Å². The van der Waals surface area contributed by atoms with E-state index in [-0.39, 0.29) is 12.8 Å². The lowest BCUT2D eigenvalue weighted by molar-refractivity contribution is -0.138. The zero-order valence-electron chi connectivity index (χ0n) is 7.90. The Morgan fingerprint density at radius 1 is 1.33 bits per heavy atom. The molecule has 0 saturated carbocycles. The van der Waals surface area contributed by atoms with Crippen molar-refractivity contribution in [2.24, 2.45) is 5.73 Å². The van der Waals surface area contributed by atoms with Gasteiger partial charge in [-0.15, -0.1) is 0 Å². The monoisotopic (exact) mass is 219 g/mol. The highest BCUT2D eigenvalue weighted by Gasteiger charge is 2.18. The van der Waals surface area contributed by atoms with Crippen LogP contribution in [0, 0.1) is 0 Å². The van der Waals surface area contributed by atoms with E-state index in [0.717, 1.165) is 0 Å². The van der Waals surface area contributed by atoms with Crippen molar-refractivity contribution in [3.63, 3.8) is 0 Å². The third-order valence-electron chi connectivity index (χ3n) is 1.57. The Bertz CT molecular complexity index is 255. The van der Waals surface area contributed by atoms with Gasteiger partial charge < -0.3 is 21.4 Å². The van der Waals surface area contributed by atoms with Crippen LogP contribution < -0.4 is 16.5 Å². The summed E-state index contributed by atoms with van der Waals surface area (Å²) in [6, 6.07) is -1.04. The van der Waals surface area contributed by atoms with Gasteiger partial charge in [0, 0.05) is 6.42 Å². The number of carboxylic acid groups (broad SMARTS) is 1. The van der Waals surface area contributed by atoms with E-state index in [0.29, 0.717) is 0 Å². The van der Waals surface area contributed by atoms with Crippen LogP contribution in [0.3, 0.4) is 0 Å². The van der Waals surface area contributed by atoms with Gasteiger partial charge in [0.1, 0.15) is 12.6 Å². The maximum Gasteiger partial charge on any atom is 0.322 e. The van der Waals surface area contributed by atoms with E-state index >= 15 is 0 Å². The average Bonchev–Trinajstić information content (AvgIpc) is 2.15. The molecule has 86 valence electrons. The number of nitrogens with two attached hydrogens (primary N) is 1. The molecular weight excluding hydrogens is 206 g/mol. The Morgan fingerprint density at radius 3 is 2.33 bits per heavy atom. The standard InChI is InChI=1S/C7H13N3O5/c8-5(11)2-1-4(10-15)7(14)9-3-6(12)13/h4,10,15H,1-3H2,(H2,8,11)(H,9,14)(H,12,13)/t4-/m0/s1. The molecule has 0 radical (unpaired) electrons. The van der Waals surface area contributed by atoms with Gasteiger partial charge in [-0.3, -0.25) is 14.4 Å². The molecule has 0 aliphatic carbocycles. The quantitative estimate of drug-likeness (QED) is 0.307. The molecule has 0 aliphatic heterocycles. The molecule has 0 unspecified atom stereocenters. The molecule has 0 aromatic rings. The van der Waals surface area contributed by atoms with Gasteiger partial charge in [0.15, 0.2) is 0 Å². The molecule has 0 aromatic carbocycles. The molecule has 0 rings (SSSR count). The largest absolute Gasteiger partial charge is 0.480 e. The van der Waals surface area contributed by atoms with E-state index in [9.17, 15) is 14.4 Å². The highest BCUT2D eigenvalue weighted by molar-refractivity contribution is 5.85. The molecule has 0 aliphatic rings. The number of aliphatic carboxylic acids is 1. The maximum atomic E-state index is 11.1. The smallest absolute Gasteiger partial charge is 0.322 e. The Labute approximate surface area is 85.4 Å². The van der Waals surface area contributed by atoms with Crippen LogP contribution in [0.1, 0.15) is 12.8 Å². The summed E-state index contributed by atoms with van der Waals surface area (Å²) in [5, 5.41) is 18.9. The minimum atomic E-state index is -1.20. The fourth-order valence-corrected chi connectivity index (χ4v) is 0.827. The lowest BCUT2D eigenvalue weighted by Gasteiger charge is -2.12. The number of rotatable bonds is 7. The first-order valence-electron chi connectivity index (χ1n) is 4.14. The van der Waals surface area contributed by atoms with E-state index in [1.165, 1.54) is 0 Å². The Kier molecular flexibility index (Phi) is 5.99. The normalized spacial score (nSPS) is 11.8. The summed E-state index contributed by atoms with van der Waals surface area (Å²) in [7, 11) is 0. The summed E-state index contributed by atoms with van der Waals surface area (Å²) in [5.74, 6) is -2.52. The molecule has 8 heteroatoms. The Balaban J connectivity index is 3.98. The average molecular weight is 219 g/mol. The number of carboxylic acids is 1. The zero-order valence-corrected chi connectivity index (χ0v) is 7.90. The molecule has 0 fully saturated rings. The summed E-state index contributed by atoms with van der Waals surface area (Å²) in [6.45, 7) is -0.548. The number of carbonyl (C=O) groups is 3. The van der Waals surface area contributed by atoms with Crippen LogP contribution in [-0.2, 0) is 14.4 Å². The molecule has 6 N–H and O–H groups in total. The molecular formula is C7H13N3O5. The summed E-state index contributed by atoms with van der Waals surface area (Å²) < 4.78 is 0. The fraction of sp³-hybridized carbons (Fsp3) is 0.571. The number of nitrogens with one attached hydrogen (secondary N) is 2. The van der Waals surface area contributed by atoms with Gasteiger partial charge in [-0.05, 0) is 6.42 Å². The molecule has 8 nitrogen and oxygen atoms in total. The highest BCUT2D eigenvalue weighted by atomic mass is 16.5. The van der Waals surface area contributed by atoms with Crippen LogP contribution in [0.5, 0.6) is 0 Å². The molecule has 0 bridgehead atoms. The first-order chi connectivity index (χ1) is 6.97. The first kappa shape index (κ1) is 13.3. The Morgan fingerprint density at radius 2 is 1.93 bits per heavy atom. The molecule has 2 amide bonds. The molecule has 0 heterocycles. The molecule has 15 heavy (non-hydrogen) atoms. The van der Waals surface area contributed by atoms with Crippen molar-refractivity contribution in [3.05, 3.63) is 0 Å². The molecule has 1 atom stereocenters. The van der Waals surface area contributed by atoms with Crippen molar-refractivity contribution in [2.75, 3.05) is 6.54 Å². The van der Waals surface area contributed by atoms with Crippen LogP contribution in [-0.4, -0.2) is 40.7 Å². The van der Waals surface area contributed by atoms with Crippen LogP contribution in [0.25, 0.3) is 0 Å². The first-order valence-corrected chi connectivity index (χ1v) is 4.14. The van der Waals surface area contributed by atoms with Gasteiger partial charge in [0.2, 0.25) is 11.8 Å². The topological polar surface area (TPSA) is 142 Å². The summed E-state index contributed by atoms with van der Waals surface area (Å²) in [4.78, 5) is 31.6. The SMILES string of the molecule is NC(=O)CC[C@H](NO)C(=O)NCC(=O)O. The Hall–Kier alpha value is -1.67. The van der Waals surface area contributed by atoms with Crippen molar-refractivity contribution in [1.82, 2.24) is 10.8 Å². The van der Waals surface area contributed by atoms with E-state index < -0.39 is 30.4 Å². The van der Waals surface area contributed by atoms with Crippen molar-refractivity contribution in [2.45, 2.75) is 18.9 Å². The lowest BCUT2D eigenvalue weighted by Crippen LogP contribution is -2.44. The van der Waals surface area contributed by atoms with Crippen LogP contribution >= 0.6 is 0 Å². The van der Waals surface area contributed by atoms with Gasteiger partial charge in [-0.25, -0.2) is 0 Å². The van der Waals surface area contributed by atoms with Crippen molar-refractivity contribution in [1.29, 1.82) is 0 Å². The number of carbonyl (C=O) groups excluding carboxylic acids is 2.